The van der Waals surface area contributed by atoms with Crippen molar-refractivity contribution in [3.05, 3.63) is 71.3 Å². The molecule has 0 saturated heterocycles. The van der Waals surface area contributed by atoms with Crippen LogP contribution in [0.4, 0.5) is 0 Å². The van der Waals surface area contributed by atoms with Crippen molar-refractivity contribution in [2.75, 3.05) is 0 Å². The molecule has 1 aromatic carbocycles. The number of aryl methyl sites for hydroxylation is 1. The van der Waals surface area contributed by atoms with E-state index < -0.39 is 0 Å². The van der Waals surface area contributed by atoms with Crippen LogP contribution >= 0.6 is 0 Å². The molecule has 0 bridgehead atoms. The van der Waals surface area contributed by atoms with Crippen molar-refractivity contribution in [2.24, 2.45) is 0 Å². The summed E-state index contributed by atoms with van der Waals surface area (Å²) in [5.41, 5.74) is 3.68. The Morgan fingerprint density at radius 2 is 2.21 bits per heavy atom. The standard InChI is InChI=1S/C18H21N5O/c1-13(9-17-10-14(2)21-22-17)20-18(24)16-6-3-5-15(11-16)12-23-8-4-7-19-23/h3-8,10-11,13H,9,12H2,1-2H3,(H,20,24)(H,21,22)/t13-/m1/s1. The first kappa shape index (κ1) is 16.0. The summed E-state index contributed by atoms with van der Waals surface area (Å²) in [6, 6.07) is 11.5. The number of carbonyl (C=O) groups is 1. The van der Waals surface area contributed by atoms with Crippen LogP contribution in [0.2, 0.25) is 0 Å². The fourth-order valence-electron chi connectivity index (χ4n) is 2.64. The first-order valence-corrected chi connectivity index (χ1v) is 7.98. The Morgan fingerprint density at radius 1 is 1.33 bits per heavy atom. The van der Waals surface area contributed by atoms with Gasteiger partial charge in [0, 0.05) is 36.1 Å². The second-order valence-electron chi connectivity index (χ2n) is 6.02. The van der Waals surface area contributed by atoms with Gasteiger partial charge in [0.05, 0.1) is 12.2 Å². The molecule has 1 atom stereocenters. The highest BCUT2D eigenvalue weighted by Gasteiger charge is 2.12. The van der Waals surface area contributed by atoms with Crippen molar-refractivity contribution in [1.82, 2.24) is 25.3 Å². The number of aromatic nitrogens is 4. The van der Waals surface area contributed by atoms with Crippen molar-refractivity contribution in [2.45, 2.75) is 32.9 Å². The summed E-state index contributed by atoms with van der Waals surface area (Å²) in [5, 5.41) is 14.3. The number of nitrogens with one attached hydrogen (secondary N) is 2. The van der Waals surface area contributed by atoms with Crippen molar-refractivity contribution in [3.63, 3.8) is 0 Å². The highest BCUT2D eigenvalue weighted by Crippen LogP contribution is 2.08. The van der Waals surface area contributed by atoms with Crippen LogP contribution in [-0.4, -0.2) is 31.9 Å². The molecule has 3 aromatic rings. The molecule has 24 heavy (non-hydrogen) atoms. The molecule has 0 saturated carbocycles. The minimum absolute atomic E-state index is 0.00923. The highest BCUT2D eigenvalue weighted by atomic mass is 16.1. The largest absolute Gasteiger partial charge is 0.349 e. The number of hydrogen-bond acceptors (Lipinski definition) is 3. The molecule has 0 fully saturated rings. The van der Waals surface area contributed by atoms with E-state index in [0.717, 1.165) is 17.0 Å². The fourth-order valence-corrected chi connectivity index (χ4v) is 2.64. The number of hydrogen-bond donors (Lipinski definition) is 2. The lowest BCUT2D eigenvalue weighted by atomic mass is 10.1. The topological polar surface area (TPSA) is 75.6 Å². The van der Waals surface area contributed by atoms with Gasteiger partial charge in [-0.25, -0.2) is 0 Å². The summed E-state index contributed by atoms with van der Waals surface area (Å²) < 4.78 is 1.83. The average molecular weight is 323 g/mol. The Morgan fingerprint density at radius 3 is 2.92 bits per heavy atom. The van der Waals surface area contributed by atoms with Crippen LogP contribution < -0.4 is 5.32 Å². The summed E-state index contributed by atoms with van der Waals surface area (Å²) in [5.74, 6) is -0.0722. The van der Waals surface area contributed by atoms with E-state index in [1.807, 2.05) is 61.1 Å². The van der Waals surface area contributed by atoms with Crippen LogP contribution in [-0.2, 0) is 13.0 Å². The van der Waals surface area contributed by atoms with E-state index in [-0.39, 0.29) is 11.9 Å². The van der Waals surface area contributed by atoms with Crippen LogP contribution in [0.3, 0.4) is 0 Å². The molecule has 0 aliphatic rings. The zero-order valence-corrected chi connectivity index (χ0v) is 13.9. The molecule has 0 aliphatic carbocycles. The molecular formula is C18H21N5O. The number of H-pyrrole nitrogens is 1. The molecule has 2 heterocycles. The van der Waals surface area contributed by atoms with Crippen LogP contribution in [0.5, 0.6) is 0 Å². The smallest absolute Gasteiger partial charge is 0.251 e. The SMILES string of the molecule is Cc1cc(C[C@@H](C)NC(=O)c2cccc(Cn3cccn3)c2)n[nH]1. The van der Waals surface area contributed by atoms with E-state index in [1.165, 1.54) is 0 Å². The number of benzene rings is 1. The van der Waals surface area contributed by atoms with Crippen LogP contribution in [0, 0.1) is 6.92 Å². The summed E-state index contributed by atoms with van der Waals surface area (Å²) in [7, 11) is 0. The summed E-state index contributed by atoms with van der Waals surface area (Å²) in [4.78, 5) is 12.4. The maximum atomic E-state index is 12.4. The second-order valence-corrected chi connectivity index (χ2v) is 6.02. The third-order valence-corrected chi connectivity index (χ3v) is 3.74. The predicted molar refractivity (Wildman–Crippen MR) is 91.7 cm³/mol. The van der Waals surface area contributed by atoms with Gasteiger partial charge < -0.3 is 5.32 Å². The molecule has 0 spiro atoms. The third kappa shape index (κ3) is 4.10. The number of nitrogens with zero attached hydrogens (tertiary/aromatic N) is 3. The van der Waals surface area contributed by atoms with E-state index in [4.69, 9.17) is 0 Å². The van der Waals surface area contributed by atoms with Crippen LogP contribution in [0.15, 0.2) is 48.8 Å². The van der Waals surface area contributed by atoms with Crippen molar-refractivity contribution in [1.29, 1.82) is 0 Å². The third-order valence-electron chi connectivity index (χ3n) is 3.74. The van der Waals surface area contributed by atoms with Gasteiger partial charge >= 0.3 is 0 Å². The van der Waals surface area contributed by atoms with Gasteiger partial charge in [-0.3, -0.25) is 14.6 Å². The summed E-state index contributed by atoms with van der Waals surface area (Å²) >= 11 is 0. The average Bonchev–Trinajstić information content (AvgIpc) is 3.19. The molecule has 2 N–H and O–H groups in total. The summed E-state index contributed by atoms with van der Waals surface area (Å²) in [6.07, 6.45) is 4.35. The first-order valence-electron chi connectivity index (χ1n) is 7.98. The van der Waals surface area contributed by atoms with Crippen molar-refractivity contribution >= 4 is 5.91 Å². The number of carbonyl (C=O) groups excluding carboxylic acids is 1. The molecule has 1 amide bonds. The van der Waals surface area contributed by atoms with E-state index in [0.29, 0.717) is 18.5 Å². The monoisotopic (exact) mass is 323 g/mol. The van der Waals surface area contributed by atoms with Gasteiger partial charge in [0.25, 0.3) is 5.91 Å². The van der Waals surface area contributed by atoms with E-state index in [2.05, 4.69) is 20.6 Å². The Labute approximate surface area is 140 Å². The predicted octanol–water partition coefficient (Wildman–Crippen LogP) is 2.32. The highest BCUT2D eigenvalue weighted by molar-refractivity contribution is 5.94. The lowest BCUT2D eigenvalue weighted by Gasteiger charge is -2.13. The van der Waals surface area contributed by atoms with Gasteiger partial charge in [-0.2, -0.15) is 10.2 Å². The maximum absolute atomic E-state index is 12.4. The lowest BCUT2D eigenvalue weighted by molar-refractivity contribution is 0.0940. The van der Waals surface area contributed by atoms with Crippen molar-refractivity contribution < 1.29 is 4.79 Å². The fraction of sp³-hybridized carbons (Fsp3) is 0.278. The van der Waals surface area contributed by atoms with E-state index in [1.54, 1.807) is 6.20 Å². The number of amides is 1. The van der Waals surface area contributed by atoms with Gasteiger partial charge in [0.1, 0.15) is 0 Å². The minimum Gasteiger partial charge on any atom is -0.349 e. The molecule has 0 unspecified atom stereocenters. The molecular weight excluding hydrogens is 302 g/mol. The molecule has 6 nitrogen and oxygen atoms in total. The normalized spacial score (nSPS) is 12.1. The van der Waals surface area contributed by atoms with Gasteiger partial charge in [0.2, 0.25) is 0 Å². The summed E-state index contributed by atoms with van der Waals surface area (Å²) in [6.45, 7) is 4.59. The number of rotatable bonds is 6. The molecule has 3 rings (SSSR count). The lowest BCUT2D eigenvalue weighted by Crippen LogP contribution is -2.34. The quantitative estimate of drug-likeness (QED) is 0.731. The maximum Gasteiger partial charge on any atom is 0.251 e. The molecule has 0 radical (unpaired) electrons. The first-order chi connectivity index (χ1) is 11.6. The number of aromatic amines is 1. The van der Waals surface area contributed by atoms with Gasteiger partial charge in [-0.05, 0) is 43.7 Å². The Hall–Kier alpha value is -2.89. The Bertz CT molecular complexity index is 806. The molecule has 0 aliphatic heterocycles. The zero-order chi connectivity index (χ0) is 16.9. The van der Waals surface area contributed by atoms with Gasteiger partial charge in [0.15, 0.2) is 0 Å². The molecule has 6 heteroatoms. The zero-order valence-electron chi connectivity index (χ0n) is 13.9. The van der Waals surface area contributed by atoms with Crippen LogP contribution in [0.25, 0.3) is 0 Å². The minimum atomic E-state index is -0.0722. The van der Waals surface area contributed by atoms with Crippen molar-refractivity contribution in [3.8, 4) is 0 Å². The Balaban J connectivity index is 1.62. The second kappa shape index (κ2) is 7.12. The van der Waals surface area contributed by atoms with Crippen LogP contribution in [0.1, 0.15) is 34.2 Å². The van der Waals surface area contributed by atoms with E-state index >= 15 is 0 Å². The molecule has 2 aromatic heterocycles. The van der Waals surface area contributed by atoms with E-state index in [9.17, 15) is 4.79 Å². The van der Waals surface area contributed by atoms with Gasteiger partial charge in [-0.1, -0.05) is 12.1 Å². The van der Waals surface area contributed by atoms with Gasteiger partial charge in [-0.15, -0.1) is 0 Å². The Kier molecular flexibility index (Phi) is 4.74. The molecule has 124 valence electrons.